The molecule has 0 aliphatic heterocycles. The molecule has 0 radical (unpaired) electrons. The molecule has 1 fully saturated rings. The van der Waals surface area contributed by atoms with Gasteiger partial charge >= 0.3 is 11.9 Å². The van der Waals surface area contributed by atoms with E-state index in [4.69, 9.17) is 11.6 Å². The largest absolute Gasteiger partial charge is 0.389 e. The van der Waals surface area contributed by atoms with Crippen molar-refractivity contribution in [3.8, 4) is 11.3 Å². The smallest absolute Gasteiger partial charge is 0.313 e. The number of halogens is 4. The Morgan fingerprint density at radius 3 is 2.70 bits per heavy atom. The van der Waals surface area contributed by atoms with Crippen LogP contribution in [0.3, 0.4) is 0 Å². The highest BCUT2D eigenvalue weighted by Gasteiger charge is 2.46. The van der Waals surface area contributed by atoms with Crippen LogP contribution in [0.4, 0.5) is 13.2 Å². The molecule has 0 amide bonds. The number of rotatable bonds is 3. The Morgan fingerprint density at radius 2 is 2.04 bits per heavy atom. The molecule has 0 spiro atoms. The lowest BCUT2D eigenvalue weighted by Crippen LogP contribution is -2.23. The molecule has 10 heteroatoms. The quantitative estimate of drug-likeness (QED) is 0.891. The van der Waals surface area contributed by atoms with Gasteiger partial charge in [-0.2, -0.15) is 13.2 Å². The van der Waals surface area contributed by atoms with Gasteiger partial charge in [0.15, 0.2) is 5.15 Å². The second-order valence-corrected chi connectivity index (χ2v) is 5.74. The van der Waals surface area contributed by atoms with Gasteiger partial charge in [0.25, 0.3) is 5.56 Å². The van der Waals surface area contributed by atoms with Crippen molar-refractivity contribution < 1.29 is 13.2 Å². The molecule has 2 atom stereocenters. The number of aromatic amines is 2. The average molecular weight is 347 g/mol. The predicted octanol–water partition coefficient (Wildman–Crippen LogP) is 2.23. The van der Waals surface area contributed by atoms with Crippen molar-refractivity contribution in [3.05, 3.63) is 43.8 Å². The topological polar surface area (TPSA) is 91.5 Å². The molecular formula is C13H10ClF3N4O2. The lowest BCUT2D eigenvalue weighted by molar-refractivity contribution is -0.138. The van der Waals surface area contributed by atoms with Crippen molar-refractivity contribution in [1.82, 2.24) is 20.2 Å². The molecule has 1 aliphatic rings. The highest BCUT2D eigenvalue weighted by molar-refractivity contribution is 6.30. The predicted molar refractivity (Wildman–Crippen MR) is 75.2 cm³/mol. The summed E-state index contributed by atoms with van der Waals surface area (Å²) in [6.07, 6.45) is -3.59. The fourth-order valence-electron chi connectivity index (χ4n) is 2.53. The van der Waals surface area contributed by atoms with Gasteiger partial charge in [0.2, 0.25) is 0 Å². The fourth-order valence-corrected chi connectivity index (χ4v) is 2.77. The van der Waals surface area contributed by atoms with Crippen LogP contribution in [0, 0.1) is 5.92 Å². The molecule has 2 heterocycles. The third kappa shape index (κ3) is 3.44. The van der Waals surface area contributed by atoms with Crippen LogP contribution in [0.2, 0.25) is 5.15 Å². The summed E-state index contributed by atoms with van der Waals surface area (Å²) < 4.78 is 37.3. The molecule has 6 nitrogen and oxygen atoms in total. The molecular weight excluding hydrogens is 337 g/mol. The summed E-state index contributed by atoms with van der Waals surface area (Å²) in [7, 11) is 0. The minimum absolute atomic E-state index is 0.0178. The number of aromatic nitrogens is 4. The van der Waals surface area contributed by atoms with Crippen LogP contribution in [-0.2, 0) is 0 Å². The van der Waals surface area contributed by atoms with E-state index in [1.54, 1.807) is 0 Å². The molecule has 1 saturated carbocycles. The van der Waals surface area contributed by atoms with Gasteiger partial charge in [-0.15, -0.1) is 10.2 Å². The zero-order chi connectivity index (χ0) is 16.8. The number of hydrogen-bond acceptors (Lipinski definition) is 4. The second-order valence-electron chi connectivity index (χ2n) is 5.38. The second kappa shape index (κ2) is 5.48. The first kappa shape index (κ1) is 15.7. The molecule has 0 unspecified atom stereocenters. The average Bonchev–Trinajstić information content (AvgIpc) is 3.16. The third-order valence-electron chi connectivity index (χ3n) is 3.69. The minimum Gasteiger partial charge on any atom is -0.313 e. The Kier molecular flexibility index (Phi) is 3.75. The summed E-state index contributed by atoms with van der Waals surface area (Å²) >= 11 is 5.92. The first-order valence-electron chi connectivity index (χ1n) is 6.67. The van der Waals surface area contributed by atoms with Gasteiger partial charge in [-0.3, -0.25) is 9.78 Å². The molecule has 0 saturated heterocycles. The van der Waals surface area contributed by atoms with Gasteiger partial charge in [0.05, 0.1) is 5.56 Å². The standard InChI is InChI=1S/C13H10ClF3N4O2/c14-10-7(6-1-5(6)3-13(15,16)17)2-9(20-21-10)8-4-18-12(23)19-11(8)22/h2,4-6H,1,3H2,(H2,18,19,22,23)/t5-,6+/m1/s1. The summed E-state index contributed by atoms with van der Waals surface area (Å²) in [6, 6.07) is 1.44. The van der Waals surface area contributed by atoms with E-state index in [9.17, 15) is 22.8 Å². The molecule has 2 aromatic rings. The van der Waals surface area contributed by atoms with Crippen LogP contribution in [0.1, 0.15) is 24.3 Å². The van der Waals surface area contributed by atoms with Crippen molar-refractivity contribution >= 4 is 11.6 Å². The Labute approximate surface area is 131 Å². The van der Waals surface area contributed by atoms with Crippen LogP contribution >= 0.6 is 11.6 Å². The summed E-state index contributed by atoms with van der Waals surface area (Å²) in [5.41, 5.74) is -0.716. The number of alkyl halides is 3. The zero-order valence-electron chi connectivity index (χ0n) is 11.4. The van der Waals surface area contributed by atoms with E-state index in [0.29, 0.717) is 12.0 Å². The van der Waals surface area contributed by atoms with E-state index >= 15 is 0 Å². The molecule has 122 valence electrons. The van der Waals surface area contributed by atoms with Crippen LogP contribution in [0.15, 0.2) is 21.9 Å². The van der Waals surface area contributed by atoms with Gasteiger partial charge in [-0.05, 0) is 29.9 Å². The normalized spacial score (nSPS) is 20.5. The van der Waals surface area contributed by atoms with Gasteiger partial charge in [0, 0.05) is 12.6 Å². The molecule has 2 N–H and O–H groups in total. The highest BCUT2D eigenvalue weighted by Crippen LogP contribution is 2.54. The summed E-state index contributed by atoms with van der Waals surface area (Å²) in [5, 5.41) is 7.48. The minimum atomic E-state index is -4.23. The zero-order valence-corrected chi connectivity index (χ0v) is 12.2. The summed E-state index contributed by atoms with van der Waals surface area (Å²) in [4.78, 5) is 27.1. The summed E-state index contributed by atoms with van der Waals surface area (Å²) in [6.45, 7) is 0. The van der Waals surface area contributed by atoms with Gasteiger partial charge in [-0.1, -0.05) is 11.6 Å². The molecule has 2 aromatic heterocycles. The maximum atomic E-state index is 12.4. The molecule has 1 aliphatic carbocycles. The number of hydrogen-bond donors (Lipinski definition) is 2. The van der Waals surface area contributed by atoms with E-state index in [1.807, 2.05) is 4.98 Å². The van der Waals surface area contributed by atoms with Crippen molar-refractivity contribution in [2.24, 2.45) is 5.92 Å². The van der Waals surface area contributed by atoms with Gasteiger partial charge < -0.3 is 4.98 Å². The maximum Gasteiger partial charge on any atom is 0.389 e. The van der Waals surface area contributed by atoms with E-state index in [0.717, 1.165) is 0 Å². The monoisotopic (exact) mass is 346 g/mol. The number of H-pyrrole nitrogens is 2. The van der Waals surface area contributed by atoms with Crippen LogP contribution in [0.25, 0.3) is 11.3 Å². The molecule has 23 heavy (non-hydrogen) atoms. The van der Waals surface area contributed by atoms with Crippen molar-refractivity contribution in [3.63, 3.8) is 0 Å². The van der Waals surface area contributed by atoms with Crippen LogP contribution in [0.5, 0.6) is 0 Å². The fraction of sp³-hybridized carbons (Fsp3) is 0.385. The Balaban J connectivity index is 1.92. The van der Waals surface area contributed by atoms with Crippen molar-refractivity contribution in [2.45, 2.75) is 24.9 Å². The maximum absolute atomic E-state index is 12.4. The Bertz CT molecular complexity index is 861. The number of nitrogens with one attached hydrogen (secondary N) is 2. The van der Waals surface area contributed by atoms with Crippen LogP contribution in [-0.4, -0.2) is 26.3 Å². The van der Waals surface area contributed by atoms with Crippen molar-refractivity contribution in [2.75, 3.05) is 0 Å². The van der Waals surface area contributed by atoms with Crippen molar-refractivity contribution in [1.29, 1.82) is 0 Å². The molecule has 3 rings (SSSR count). The van der Waals surface area contributed by atoms with Gasteiger partial charge in [0.1, 0.15) is 5.69 Å². The Morgan fingerprint density at radius 1 is 1.30 bits per heavy atom. The number of nitrogens with zero attached hydrogens (tertiary/aromatic N) is 2. The third-order valence-corrected chi connectivity index (χ3v) is 3.98. The SMILES string of the molecule is O=c1[nH]cc(-c2cc([C@H]3C[C@@H]3CC(F)(F)F)c(Cl)nn2)c(=O)[nH]1. The van der Waals surface area contributed by atoms with E-state index in [2.05, 4.69) is 15.2 Å². The van der Waals surface area contributed by atoms with Crippen LogP contribution < -0.4 is 11.2 Å². The molecule has 0 aromatic carbocycles. The lowest BCUT2D eigenvalue weighted by Gasteiger charge is -2.07. The van der Waals surface area contributed by atoms with E-state index in [1.165, 1.54) is 12.3 Å². The van der Waals surface area contributed by atoms with E-state index in [-0.39, 0.29) is 22.3 Å². The van der Waals surface area contributed by atoms with E-state index < -0.39 is 29.8 Å². The van der Waals surface area contributed by atoms with Gasteiger partial charge in [-0.25, -0.2) is 4.79 Å². The molecule has 0 bridgehead atoms. The lowest BCUT2D eigenvalue weighted by atomic mass is 10.1. The first-order chi connectivity index (χ1) is 10.7. The Hall–Kier alpha value is -2.16. The highest BCUT2D eigenvalue weighted by atomic mass is 35.5. The summed E-state index contributed by atoms with van der Waals surface area (Å²) in [5.74, 6) is -0.904. The first-order valence-corrected chi connectivity index (χ1v) is 7.04.